The Bertz CT molecular complexity index is 521. The van der Waals surface area contributed by atoms with Gasteiger partial charge in [-0.3, -0.25) is 0 Å². The van der Waals surface area contributed by atoms with E-state index in [0.717, 1.165) is 11.1 Å². The molecule has 1 heteroatoms. The van der Waals surface area contributed by atoms with Crippen molar-refractivity contribution in [3.63, 3.8) is 0 Å². The van der Waals surface area contributed by atoms with Gasteiger partial charge in [0.15, 0.2) is 5.69 Å². The third-order valence-corrected chi connectivity index (χ3v) is 2.35. The fourth-order valence-corrected chi connectivity index (χ4v) is 1.63. The van der Waals surface area contributed by atoms with E-state index < -0.39 is 0 Å². The van der Waals surface area contributed by atoms with Gasteiger partial charge in [0, 0.05) is 0 Å². The first-order valence-corrected chi connectivity index (χ1v) is 4.85. The molecule has 2 aromatic rings. The fourth-order valence-electron chi connectivity index (χ4n) is 1.63. The molecule has 0 aliphatic carbocycles. The van der Waals surface area contributed by atoms with Crippen LogP contribution < -0.4 is 0 Å². The van der Waals surface area contributed by atoms with Gasteiger partial charge >= 0.3 is 0 Å². The lowest BCUT2D eigenvalue weighted by atomic mass is 10.0. The first-order chi connectivity index (χ1) is 7.31. The molecular weight excluding hydrogens is 182 g/mol. The van der Waals surface area contributed by atoms with E-state index in [9.17, 15) is 0 Å². The van der Waals surface area contributed by atoms with Gasteiger partial charge in [0.05, 0.1) is 6.57 Å². The molecule has 0 N–H and O–H groups in total. The molecular formula is C14H11N. The highest BCUT2D eigenvalue weighted by molar-refractivity contribution is 5.78. The van der Waals surface area contributed by atoms with Crippen LogP contribution >= 0.6 is 0 Å². The Balaban J connectivity index is 2.60. The maximum absolute atomic E-state index is 7.11. The summed E-state index contributed by atoms with van der Waals surface area (Å²) in [6.45, 7) is 9.17. The fraction of sp³-hybridized carbons (Fsp3) is 0.0714. The molecule has 0 unspecified atom stereocenters. The maximum Gasteiger partial charge on any atom is 0.194 e. The second-order valence-electron chi connectivity index (χ2n) is 3.50. The van der Waals surface area contributed by atoms with Crippen molar-refractivity contribution in [3.8, 4) is 11.1 Å². The lowest BCUT2D eigenvalue weighted by Gasteiger charge is -2.04. The predicted molar refractivity (Wildman–Crippen MR) is 62.9 cm³/mol. The molecule has 72 valence electrons. The van der Waals surface area contributed by atoms with E-state index >= 15 is 0 Å². The number of nitrogens with zero attached hydrogens (tertiary/aromatic N) is 1. The summed E-state index contributed by atoms with van der Waals surface area (Å²) in [6, 6.07) is 15.9. The van der Waals surface area contributed by atoms with Crippen molar-refractivity contribution in [2.45, 2.75) is 6.92 Å². The molecule has 0 bridgehead atoms. The van der Waals surface area contributed by atoms with Crippen LogP contribution in [-0.4, -0.2) is 0 Å². The zero-order chi connectivity index (χ0) is 10.7. The predicted octanol–water partition coefficient (Wildman–Crippen LogP) is 4.21. The van der Waals surface area contributed by atoms with Gasteiger partial charge in [0.1, 0.15) is 0 Å². The molecule has 0 saturated heterocycles. The second-order valence-corrected chi connectivity index (χ2v) is 3.50. The van der Waals surface area contributed by atoms with E-state index in [1.807, 2.05) is 36.4 Å². The molecule has 0 aliphatic rings. The molecule has 0 radical (unpaired) electrons. The lowest BCUT2D eigenvalue weighted by Crippen LogP contribution is -1.79. The zero-order valence-electron chi connectivity index (χ0n) is 8.57. The Morgan fingerprint density at radius 3 is 2.53 bits per heavy atom. The summed E-state index contributed by atoms with van der Waals surface area (Å²) in [5.74, 6) is 0. The highest BCUT2D eigenvalue weighted by Crippen LogP contribution is 2.30. The molecule has 1 nitrogen and oxygen atoms in total. The highest BCUT2D eigenvalue weighted by Gasteiger charge is 2.03. The van der Waals surface area contributed by atoms with E-state index in [2.05, 4.69) is 23.9 Å². The third kappa shape index (κ3) is 1.89. The molecule has 0 saturated carbocycles. The molecule has 0 amide bonds. The van der Waals surface area contributed by atoms with Crippen molar-refractivity contribution >= 4 is 5.69 Å². The maximum atomic E-state index is 7.11. The van der Waals surface area contributed by atoms with E-state index in [1.165, 1.54) is 5.56 Å². The highest BCUT2D eigenvalue weighted by atomic mass is 14.6. The average Bonchev–Trinajstić information content (AvgIpc) is 2.29. The minimum atomic E-state index is 0.711. The summed E-state index contributed by atoms with van der Waals surface area (Å²) in [5, 5.41) is 0. The number of aryl methyl sites for hydroxylation is 1. The largest absolute Gasteiger partial charge is 0.238 e. The molecule has 15 heavy (non-hydrogen) atoms. The standard InChI is InChI=1S/C14H11N/c1-11-6-5-7-12(10-11)13-8-3-4-9-14(13)15-2/h3-10H,1H3. The van der Waals surface area contributed by atoms with Gasteiger partial charge in [-0.1, -0.05) is 54.1 Å². The number of para-hydroxylation sites is 1. The Kier molecular flexibility index (Phi) is 2.51. The van der Waals surface area contributed by atoms with Crippen molar-refractivity contribution in [1.29, 1.82) is 0 Å². The van der Waals surface area contributed by atoms with Crippen LogP contribution in [0.15, 0.2) is 48.5 Å². The Morgan fingerprint density at radius 2 is 1.80 bits per heavy atom. The Morgan fingerprint density at radius 1 is 1.00 bits per heavy atom. The second kappa shape index (κ2) is 3.98. The number of rotatable bonds is 1. The molecule has 0 heterocycles. The van der Waals surface area contributed by atoms with Crippen molar-refractivity contribution in [2.24, 2.45) is 0 Å². The van der Waals surface area contributed by atoms with E-state index in [4.69, 9.17) is 6.57 Å². The van der Waals surface area contributed by atoms with E-state index in [1.54, 1.807) is 0 Å². The van der Waals surface area contributed by atoms with Crippen LogP contribution in [0.3, 0.4) is 0 Å². The first kappa shape index (κ1) is 9.48. The molecule has 0 spiro atoms. The molecule has 2 rings (SSSR count). The number of hydrogen-bond acceptors (Lipinski definition) is 0. The molecule has 0 aromatic heterocycles. The van der Waals surface area contributed by atoms with Crippen molar-refractivity contribution < 1.29 is 0 Å². The third-order valence-electron chi connectivity index (χ3n) is 2.35. The molecule has 0 fully saturated rings. The minimum absolute atomic E-state index is 0.711. The summed E-state index contributed by atoms with van der Waals surface area (Å²) in [5.41, 5.74) is 4.05. The van der Waals surface area contributed by atoms with Crippen LogP contribution in [0.25, 0.3) is 16.0 Å². The van der Waals surface area contributed by atoms with Gasteiger partial charge in [0.25, 0.3) is 0 Å². The van der Waals surface area contributed by atoms with Gasteiger partial charge in [-0.05, 0) is 18.1 Å². The van der Waals surface area contributed by atoms with Crippen LogP contribution in [-0.2, 0) is 0 Å². The van der Waals surface area contributed by atoms with Crippen LogP contribution in [0.2, 0.25) is 0 Å². The monoisotopic (exact) mass is 193 g/mol. The number of hydrogen-bond donors (Lipinski definition) is 0. The van der Waals surface area contributed by atoms with Crippen molar-refractivity contribution in [1.82, 2.24) is 0 Å². The minimum Gasteiger partial charge on any atom is -0.238 e. The summed E-state index contributed by atoms with van der Waals surface area (Å²) in [7, 11) is 0. The molecule has 2 aromatic carbocycles. The average molecular weight is 193 g/mol. The van der Waals surface area contributed by atoms with Gasteiger partial charge < -0.3 is 0 Å². The van der Waals surface area contributed by atoms with Crippen molar-refractivity contribution in [2.75, 3.05) is 0 Å². The van der Waals surface area contributed by atoms with E-state index in [-0.39, 0.29) is 0 Å². The van der Waals surface area contributed by atoms with Gasteiger partial charge in [-0.25, -0.2) is 4.85 Å². The summed E-state index contributed by atoms with van der Waals surface area (Å²) in [4.78, 5) is 3.53. The molecule has 0 atom stereocenters. The summed E-state index contributed by atoms with van der Waals surface area (Å²) >= 11 is 0. The van der Waals surface area contributed by atoms with Crippen LogP contribution in [0.4, 0.5) is 5.69 Å². The Labute approximate surface area is 89.8 Å². The van der Waals surface area contributed by atoms with Gasteiger partial charge in [-0.2, -0.15) is 0 Å². The summed E-state index contributed by atoms with van der Waals surface area (Å²) < 4.78 is 0. The molecule has 0 aliphatic heterocycles. The normalized spacial score (nSPS) is 9.60. The zero-order valence-corrected chi connectivity index (χ0v) is 8.57. The van der Waals surface area contributed by atoms with Gasteiger partial charge in [-0.15, -0.1) is 0 Å². The number of benzene rings is 2. The Hall–Kier alpha value is -2.07. The van der Waals surface area contributed by atoms with Crippen LogP contribution in [0.5, 0.6) is 0 Å². The quantitative estimate of drug-likeness (QED) is 0.597. The van der Waals surface area contributed by atoms with Crippen molar-refractivity contribution in [3.05, 3.63) is 65.5 Å². The first-order valence-electron chi connectivity index (χ1n) is 4.85. The lowest BCUT2D eigenvalue weighted by molar-refractivity contribution is 1.47. The van der Waals surface area contributed by atoms with Gasteiger partial charge in [0.2, 0.25) is 0 Å². The van der Waals surface area contributed by atoms with Crippen LogP contribution in [0.1, 0.15) is 5.56 Å². The van der Waals surface area contributed by atoms with Crippen LogP contribution in [0, 0.1) is 13.5 Å². The smallest absolute Gasteiger partial charge is 0.194 e. The topological polar surface area (TPSA) is 4.36 Å². The SMILES string of the molecule is [C-]#[N+]c1ccccc1-c1cccc(C)c1. The van der Waals surface area contributed by atoms with E-state index in [0.29, 0.717) is 5.69 Å². The summed E-state index contributed by atoms with van der Waals surface area (Å²) in [6.07, 6.45) is 0.